The molecule has 21 heavy (non-hydrogen) atoms. The molecule has 2 N–H and O–H groups in total. The molecule has 2 rings (SSSR count). The number of sulfone groups is 1. The lowest BCUT2D eigenvalue weighted by atomic mass is 9.69. The molecule has 0 radical (unpaired) electrons. The van der Waals surface area contributed by atoms with Gasteiger partial charge in [-0.15, -0.1) is 0 Å². The molecule has 3 unspecified atom stereocenters. The molecule has 2 aliphatic rings. The number of nitrogens with two attached hydrogens (primary N) is 1. The summed E-state index contributed by atoms with van der Waals surface area (Å²) >= 11 is 0. The summed E-state index contributed by atoms with van der Waals surface area (Å²) in [6, 6.07) is -0.152. The lowest BCUT2D eigenvalue weighted by Crippen LogP contribution is -2.48. The van der Waals surface area contributed by atoms with Gasteiger partial charge >= 0.3 is 0 Å². The molecule has 0 heterocycles. The summed E-state index contributed by atoms with van der Waals surface area (Å²) in [5, 5.41) is -0.303. The Morgan fingerprint density at radius 2 is 1.71 bits per heavy atom. The van der Waals surface area contributed by atoms with Gasteiger partial charge in [-0.1, -0.05) is 40.0 Å². The summed E-state index contributed by atoms with van der Waals surface area (Å²) < 4.78 is 25.7. The molecule has 0 amide bonds. The van der Waals surface area contributed by atoms with E-state index in [-0.39, 0.29) is 16.7 Å². The van der Waals surface area contributed by atoms with Crippen molar-refractivity contribution in [2.45, 2.75) is 83.4 Å². The topological polar surface area (TPSA) is 60.2 Å². The van der Waals surface area contributed by atoms with E-state index in [0.29, 0.717) is 17.6 Å². The van der Waals surface area contributed by atoms with Crippen LogP contribution in [0, 0.1) is 17.3 Å². The largest absolute Gasteiger partial charge is 0.327 e. The molecule has 4 heteroatoms. The quantitative estimate of drug-likeness (QED) is 0.844. The zero-order valence-electron chi connectivity index (χ0n) is 14.0. The zero-order chi connectivity index (χ0) is 15.7. The molecule has 0 aromatic heterocycles. The van der Waals surface area contributed by atoms with E-state index in [1.807, 2.05) is 0 Å². The van der Waals surface area contributed by atoms with Crippen molar-refractivity contribution < 1.29 is 8.42 Å². The summed E-state index contributed by atoms with van der Waals surface area (Å²) in [6.45, 7) is 6.75. The van der Waals surface area contributed by atoms with Crippen LogP contribution in [-0.2, 0) is 9.84 Å². The van der Waals surface area contributed by atoms with E-state index in [4.69, 9.17) is 5.73 Å². The van der Waals surface area contributed by atoms with Gasteiger partial charge in [0.25, 0.3) is 0 Å². The standard InChI is InChI=1S/C17H33NO2S/c1-4-17(2,3)14-9-10-15(18)16(11-14)21(19,20)12-13-7-5-6-8-13/h13-16H,4-12,18H2,1-3H3. The van der Waals surface area contributed by atoms with Crippen LogP contribution < -0.4 is 5.73 Å². The van der Waals surface area contributed by atoms with Crippen molar-refractivity contribution in [1.82, 2.24) is 0 Å². The Hall–Kier alpha value is -0.0900. The Morgan fingerprint density at radius 3 is 2.29 bits per heavy atom. The van der Waals surface area contributed by atoms with Crippen molar-refractivity contribution in [2.24, 2.45) is 23.0 Å². The first-order valence-corrected chi connectivity index (χ1v) is 10.4. The smallest absolute Gasteiger partial charge is 0.154 e. The predicted octanol–water partition coefficient (Wildman–Crippen LogP) is 3.52. The average Bonchev–Trinajstić information content (AvgIpc) is 2.90. The molecule has 0 aromatic rings. The maximum absolute atomic E-state index is 12.8. The molecule has 0 aliphatic heterocycles. The molecule has 2 aliphatic carbocycles. The van der Waals surface area contributed by atoms with Crippen LogP contribution >= 0.6 is 0 Å². The van der Waals surface area contributed by atoms with Crippen LogP contribution in [0.1, 0.15) is 72.1 Å². The maximum Gasteiger partial charge on any atom is 0.154 e. The number of hydrogen-bond donors (Lipinski definition) is 1. The highest BCUT2D eigenvalue weighted by Gasteiger charge is 2.42. The van der Waals surface area contributed by atoms with Gasteiger partial charge in [-0.2, -0.15) is 0 Å². The van der Waals surface area contributed by atoms with E-state index in [2.05, 4.69) is 20.8 Å². The van der Waals surface area contributed by atoms with E-state index in [0.717, 1.165) is 38.5 Å². The number of rotatable bonds is 5. The van der Waals surface area contributed by atoms with Gasteiger partial charge in [0.1, 0.15) is 0 Å². The minimum absolute atomic E-state index is 0.152. The van der Waals surface area contributed by atoms with Crippen molar-refractivity contribution in [1.29, 1.82) is 0 Å². The van der Waals surface area contributed by atoms with Gasteiger partial charge in [0, 0.05) is 6.04 Å². The summed E-state index contributed by atoms with van der Waals surface area (Å²) in [5.74, 6) is 1.26. The Labute approximate surface area is 131 Å². The SMILES string of the molecule is CCC(C)(C)C1CCC(N)C(S(=O)(=O)CC2CCCC2)C1. The maximum atomic E-state index is 12.8. The first-order valence-electron chi connectivity index (χ1n) is 8.73. The van der Waals surface area contributed by atoms with E-state index >= 15 is 0 Å². The van der Waals surface area contributed by atoms with Gasteiger partial charge in [0.15, 0.2) is 9.84 Å². The van der Waals surface area contributed by atoms with E-state index < -0.39 is 9.84 Å². The normalized spacial score (nSPS) is 32.5. The second-order valence-electron chi connectivity index (χ2n) is 8.03. The molecule has 0 aromatic carbocycles. The van der Waals surface area contributed by atoms with Crippen LogP contribution in [0.4, 0.5) is 0 Å². The molecule has 0 bridgehead atoms. The fraction of sp³-hybridized carbons (Fsp3) is 1.00. The number of hydrogen-bond acceptors (Lipinski definition) is 3. The summed E-state index contributed by atoms with van der Waals surface area (Å²) in [5.41, 5.74) is 6.43. The van der Waals surface area contributed by atoms with Crippen LogP contribution in [0.5, 0.6) is 0 Å². The highest BCUT2D eigenvalue weighted by atomic mass is 32.2. The molecule has 2 fully saturated rings. The molecular weight excluding hydrogens is 282 g/mol. The highest BCUT2D eigenvalue weighted by molar-refractivity contribution is 7.92. The molecule has 3 atom stereocenters. The Balaban J connectivity index is 2.08. The van der Waals surface area contributed by atoms with Crippen molar-refractivity contribution in [3.05, 3.63) is 0 Å². The van der Waals surface area contributed by atoms with Gasteiger partial charge in [-0.25, -0.2) is 8.42 Å². The summed E-state index contributed by atoms with van der Waals surface area (Å²) in [6.07, 6.45) is 8.39. The lowest BCUT2D eigenvalue weighted by molar-refractivity contribution is 0.146. The van der Waals surface area contributed by atoms with Gasteiger partial charge in [-0.05, 0) is 49.4 Å². The Kier molecular flexibility index (Phi) is 5.40. The minimum atomic E-state index is -3.04. The first kappa shape index (κ1) is 17.3. The monoisotopic (exact) mass is 315 g/mol. The third-order valence-corrected chi connectivity index (χ3v) is 8.66. The zero-order valence-corrected chi connectivity index (χ0v) is 14.8. The van der Waals surface area contributed by atoms with Crippen LogP contribution in [0.3, 0.4) is 0 Å². The van der Waals surface area contributed by atoms with Crippen molar-refractivity contribution in [2.75, 3.05) is 5.75 Å². The molecular formula is C17H33NO2S. The van der Waals surface area contributed by atoms with Crippen LogP contribution in [0.25, 0.3) is 0 Å². The van der Waals surface area contributed by atoms with E-state index in [1.54, 1.807) is 0 Å². The van der Waals surface area contributed by atoms with Crippen LogP contribution in [-0.4, -0.2) is 25.5 Å². The Morgan fingerprint density at radius 1 is 1.10 bits per heavy atom. The molecule has 124 valence electrons. The minimum Gasteiger partial charge on any atom is -0.327 e. The first-order chi connectivity index (χ1) is 9.76. The lowest BCUT2D eigenvalue weighted by Gasteiger charge is -2.42. The van der Waals surface area contributed by atoms with E-state index in [9.17, 15) is 8.42 Å². The van der Waals surface area contributed by atoms with Gasteiger partial charge in [-0.3, -0.25) is 0 Å². The second kappa shape index (κ2) is 6.57. The van der Waals surface area contributed by atoms with Crippen molar-refractivity contribution in [3.63, 3.8) is 0 Å². The highest BCUT2D eigenvalue weighted by Crippen LogP contribution is 2.42. The molecule has 2 saturated carbocycles. The predicted molar refractivity (Wildman–Crippen MR) is 88.9 cm³/mol. The molecule has 3 nitrogen and oxygen atoms in total. The fourth-order valence-corrected chi connectivity index (χ4v) is 6.62. The molecule has 0 saturated heterocycles. The van der Waals surface area contributed by atoms with Crippen LogP contribution in [0.15, 0.2) is 0 Å². The third-order valence-electron chi connectivity index (χ3n) is 6.26. The van der Waals surface area contributed by atoms with E-state index in [1.165, 1.54) is 12.8 Å². The van der Waals surface area contributed by atoms with Crippen LogP contribution in [0.2, 0.25) is 0 Å². The van der Waals surface area contributed by atoms with Gasteiger partial charge in [0.05, 0.1) is 11.0 Å². The fourth-order valence-electron chi connectivity index (χ4n) is 4.19. The third kappa shape index (κ3) is 4.01. The molecule has 0 spiro atoms. The van der Waals surface area contributed by atoms with Gasteiger partial charge in [0.2, 0.25) is 0 Å². The summed E-state index contributed by atoms with van der Waals surface area (Å²) in [7, 11) is -3.04. The second-order valence-corrected chi connectivity index (χ2v) is 10.3. The Bertz CT molecular complexity index is 438. The van der Waals surface area contributed by atoms with Crippen molar-refractivity contribution >= 4 is 9.84 Å². The van der Waals surface area contributed by atoms with Gasteiger partial charge < -0.3 is 5.73 Å². The average molecular weight is 316 g/mol. The van der Waals surface area contributed by atoms with Crippen molar-refractivity contribution in [3.8, 4) is 0 Å². The summed E-state index contributed by atoms with van der Waals surface area (Å²) in [4.78, 5) is 0.